The number of rotatable bonds is 9. The van der Waals surface area contributed by atoms with Crippen molar-refractivity contribution in [1.29, 1.82) is 0 Å². The maximum atomic E-state index is 11.9. The monoisotopic (exact) mass is 521 g/mol. The van der Waals surface area contributed by atoms with Gasteiger partial charge in [-0.15, -0.1) is 0 Å². The van der Waals surface area contributed by atoms with E-state index in [4.69, 9.17) is 15.4 Å². The van der Waals surface area contributed by atoms with Crippen LogP contribution in [0.2, 0.25) is 0 Å². The van der Waals surface area contributed by atoms with Crippen LogP contribution in [0.3, 0.4) is 0 Å². The van der Waals surface area contributed by atoms with E-state index in [2.05, 4.69) is 32.6 Å². The van der Waals surface area contributed by atoms with Gasteiger partial charge in [-0.05, 0) is 0 Å². The first-order valence-corrected chi connectivity index (χ1v) is 12.8. The summed E-state index contributed by atoms with van der Waals surface area (Å²) >= 11 is 0. The van der Waals surface area contributed by atoms with E-state index in [0.29, 0.717) is 7.11 Å². The molecule has 180 valence electrons. The Morgan fingerprint density at radius 2 is 1.72 bits per heavy atom. The molecular weight excluding hydrogens is 503 g/mol. The predicted molar refractivity (Wildman–Crippen MR) is 100 cm³/mol. The highest BCUT2D eigenvalue weighted by Crippen LogP contribution is 2.67. The number of nitrogens with two attached hydrogens (primary N) is 1. The van der Waals surface area contributed by atoms with Crippen LogP contribution in [0.4, 0.5) is 5.82 Å². The van der Waals surface area contributed by atoms with Crippen LogP contribution >= 0.6 is 23.5 Å². The highest BCUT2D eigenvalue weighted by atomic mass is 31.3. The van der Waals surface area contributed by atoms with Crippen LogP contribution in [0.25, 0.3) is 11.2 Å². The molecule has 0 bridgehead atoms. The summed E-state index contributed by atoms with van der Waals surface area (Å²) in [4.78, 5) is 39.7. The third kappa shape index (κ3) is 5.58. The number of aliphatic hydroxyl groups excluding tert-OH is 2. The second kappa shape index (κ2) is 9.12. The maximum absolute atomic E-state index is 11.9. The van der Waals surface area contributed by atoms with Gasteiger partial charge in [0, 0.05) is 7.11 Å². The predicted octanol–water partition coefficient (Wildman–Crippen LogP) is -0.975. The number of phosphoric ester groups is 2. The fourth-order valence-electron chi connectivity index (χ4n) is 2.65. The lowest BCUT2D eigenvalue weighted by atomic mass is 10.1. The number of nitrogen functional groups attached to an aromatic ring is 1. The van der Waals surface area contributed by atoms with E-state index >= 15 is 0 Å². The van der Waals surface area contributed by atoms with Gasteiger partial charge in [-0.25, -0.2) is 28.6 Å². The maximum Gasteiger partial charge on any atom is 0.490 e. The molecule has 32 heavy (non-hydrogen) atoms. The van der Waals surface area contributed by atoms with Gasteiger partial charge in [0.25, 0.3) is 0 Å². The molecule has 0 amide bonds. The van der Waals surface area contributed by atoms with E-state index < -0.39 is 54.6 Å². The van der Waals surface area contributed by atoms with Gasteiger partial charge in [0.05, 0.1) is 12.9 Å². The quantitative estimate of drug-likeness (QED) is 0.216. The fourth-order valence-corrected chi connectivity index (χ4v) is 5.92. The second-order valence-electron chi connectivity index (χ2n) is 6.18. The average molecular weight is 521 g/mol. The number of imidazole rings is 1. The topological polar surface area (TPSA) is 268 Å². The standard InChI is InChI=1S/C11H18N5O13P3/c1-25-30(19,20)28-32(23,24)29-31(21,22)26-2-5-7(17)8(18)11(27-5)16-4-15-6-9(12)13-3-14-10(6)16/h3-5,7-8,11,17-18H,2H2,1H3,(H,19,20)(H,21,22)(H,23,24)(H2,12,13,14)/t5-,7+,8?,11-/m1/s1. The molecule has 0 aliphatic carbocycles. The summed E-state index contributed by atoms with van der Waals surface area (Å²) in [6.45, 7) is -0.923. The summed E-state index contributed by atoms with van der Waals surface area (Å²) in [6, 6.07) is 0. The SMILES string of the molecule is COP(=O)(O)OP(=O)(O)OP(=O)(O)OC[C@H]1O[C@@H](n2cnc3c(N)ncnc32)C(O)[C@H]1O. The number of fused-ring (bicyclic) bond motifs is 1. The summed E-state index contributed by atoms with van der Waals surface area (Å²) in [7, 11) is -15.4. The van der Waals surface area contributed by atoms with Gasteiger partial charge in [0.15, 0.2) is 17.7 Å². The van der Waals surface area contributed by atoms with Crippen LogP contribution in [-0.4, -0.2) is 76.4 Å². The Bertz CT molecular complexity index is 1130. The molecule has 4 unspecified atom stereocenters. The highest BCUT2D eigenvalue weighted by Gasteiger charge is 2.47. The molecule has 1 aliphatic heterocycles. The van der Waals surface area contributed by atoms with Gasteiger partial charge in [0.1, 0.15) is 30.2 Å². The van der Waals surface area contributed by atoms with Gasteiger partial charge < -0.3 is 35.4 Å². The molecule has 0 aromatic carbocycles. The van der Waals surface area contributed by atoms with E-state index in [9.17, 15) is 33.7 Å². The molecule has 7 atom stereocenters. The molecule has 0 radical (unpaired) electrons. The second-order valence-corrected chi connectivity index (χ2v) is 10.9. The van der Waals surface area contributed by atoms with Crippen LogP contribution in [0, 0.1) is 0 Å². The molecule has 1 aliphatic rings. The summed E-state index contributed by atoms with van der Waals surface area (Å²) in [5.74, 6) is 0.0524. The van der Waals surface area contributed by atoms with Crippen molar-refractivity contribution in [3.8, 4) is 0 Å². The third-order valence-electron chi connectivity index (χ3n) is 4.04. The van der Waals surface area contributed by atoms with E-state index in [1.807, 2.05) is 0 Å². The molecule has 21 heteroatoms. The minimum absolute atomic E-state index is 0.0524. The largest absolute Gasteiger partial charge is 0.490 e. The molecule has 7 N–H and O–H groups in total. The minimum Gasteiger partial charge on any atom is -0.387 e. The Kier molecular flexibility index (Phi) is 7.20. The van der Waals surface area contributed by atoms with Crippen molar-refractivity contribution in [3.63, 3.8) is 0 Å². The summed E-state index contributed by atoms with van der Waals surface area (Å²) in [5, 5.41) is 20.5. The number of ether oxygens (including phenoxy) is 1. The Morgan fingerprint density at radius 1 is 1.06 bits per heavy atom. The number of hydrogen-bond acceptors (Lipinski definition) is 14. The number of anilines is 1. The van der Waals surface area contributed by atoms with Crippen molar-refractivity contribution in [2.24, 2.45) is 0 Å². The number of hydrogen-bond donors (Lipinski definition) is 6. The molecule has 3 heterocycles. The van der Waals surface area contributed by atoms with Crippen LogP contribution in [0.1, 0.15) is 6.23 Å². The minimum atomic E-state index is -5.59. The van der Waals surface area contributed by atoms with Crippen molar-refractivity contribution >= 4 is 40.4 Å². The van der Waals surface area contributed by atoms with Gasteiger partial charge in [-0.1, -0.05) is 0 Å². The summed E-state index contributed by atoms with van der Waals surface area (Å²) in [5.41, 5.74) is 6.04. The zero-order valence-corrected chi connectivity index (χ0v) is 18.6. The highest BCUT2D eigenvalue weighted by molar-refractivity contribution is 7.66. The van der Waals surface area contributed by atoms with Gasteiger partial charge in [0.2, 0.25) is 0 Å². The number of phosphoric acid groups is 3. The van der Waals surface area contributed by atoms with E-state index in [1.54, 1.807) is 0 Å². The zero-order valence-electron chi connectivity index (χ0n) is 15.9. The third-order valence-corrected chi connectivity index (χ3v) is 8.28. The lowest BCUT2D eigenvalue weighted by Gasteiger charge is -2.19. The first-order chi connectivity index (χ1) is 14.8. The molecule has 2 aromatic heterocycles. The van der Waals surface area contributed by atoms with Gasteiger partial charge in [-0.2, -0.15) is 8.62 Å². The van der Waals surface area contributed by atoms with Crippen molar-refractivity contribution in [3.05, 3.63) is 12.7 Å². The Morgan fingerprint density at radius 3 is 2.38 bits per heavy atom. The molecule has 3 rings (SSSR count). The first kappa shape index (κ1) is 25.3. The van der Waals surface area contributed by atoms with E-state index in [0.717, 1.165) is 6.33 Å². The molecule has 0 saturated carbocycles. The molecule has 2 aromatic rings. The summed E-state index contributed by atoms with van der Waals surface area (Å²) < 4.78 is 57.4. The summed E-state index contributed by atoms with van der Waals surface area (Å²) in [6.07, 6.45) is -3.59. The molecule has 0 spiro atoms. The molecular formula is C11H18N5O13P3. The van der Waals surface area contributed by atoms with Crippen molar-refractivity contribution in [1.82, 2.24) is 19.5 Å². The van der Waals surface area contributed by atoms with Crippen LogP contribution < -0.4 is 5.73 Å². The number of aromatic nitrogens is 4. The number of nitrogens with zero attached hydrogens (tertiary/aromatic N) is 4. The van der Waals surface area contributed by atoms with Crippen LogP contribution in [0.5, 0.6) is 0 Å². The molecule has 1 saturated heterocycles. The Hall–Kier alpha value is -1.36. The zero-order chi connectivity index (χ0) is 23.9. The average Bonchev–Trinajstić information content (AvgIpc) is 3.21. The van der Waals surface area contributed by atoms with Crippen molar-refractivity contribution in [2.75, 3.05) is 19.5 Å². The lowest BCUT2D eigenvalue weighted by molar-refractivity contribution is -0.0503. The van der Waals surface area contributed by atoms with E-state index in [1.165, 1.54) is 10.9 Å². The lowest BCUT2D eigenvalue weighted by Crippen LogP contribution is -2.33. The smallest absolute Gasteiger partial charge is 0.387 e. The van der Waals surface area contributed by atoms with Crippen LogP contribution in [0.15, 0.2) is 12.7 Å². The van der Waals surface area contributed by atoms with Crippen molar-refractivity contribution in [2.45, 2.75) is 24.5 Å². The fraction of sp³-hybridized carbons (Fsp3) is 0.545. The van der Waals surface area contributed by atoms with E-state index in [-0.39, 0.29) is 17.0 Å². The van der Waals surface area contributed by atoms with Crippen LogP contribution in [-0.2, 0) is 36.1 Å². The Labute approximate surface area is 178 Å². The van der Waals surface area contributed by atoms with Gasteiger partial charge in [-0.3, -0.25) is 13.6 Å². The molecule has 1 fully saturated rings. The van der Waals surface area contributed by atoms with Gasteiger partial charge >= 0.3 is 23.5 Å². The first-order valence-electron chi connectivity index (χ1n) is 8.31. The number of aliphatic hydroxyl groups is 2. The Balaban J connectivity index is 1.68. The molecule has 18 nitrogen and oxygen atoms in total. The van der Waals surface area contributed by atoms with Crippen molar-refractivity contribution < 1.29 is 61.0 Å². The normalized spacial score (nSPS) is 29.4.